The van der Waals surface area contributed by atoms with Crippen molar-refractivity contribution in [1.29, 1.82) is 0 Å². The fraction of sp³-hybridized carbons (Fsp3) is 0.500. The molecule has 34 heavy (non-hydrogen) atoms. The fourth-order valence-corrected chi connectivity index (χ4v) is 6.57. The number of hydrogen-bond donors (Lipinski definition) is 2. The second-order valence-corrected chi connectivity index (χ2v) is 11.5. The van der Waals surface area contributed by atoms with E-state index in [9.17, 15) is 14.7 Å². The molecule has 2 unspecified atom stereocenters. The molecule has 182 valence electrons. The molecule has 1 aromatic heterocycles. The van der Waals surface area contributed by atoms with Gasteiger partial charge in [0.1, 0.15) is 0 Å². The van der Waals surface area contributed by atoms with Crippen molar-refractivity contribution in [3.63, 3.8) is 0 Å². The Morgan fingerprint density at radius 2 is 1.85 bits per heavy atom. The van der Waals surface area contributed by atoms with Crippen molar-refractivity contribution in [3.05, 3.63) is 36.0 Å². The van der Waals surface area contributed by atoms with E-state index in [0.29, 0.717) is 17.8 Å². The van der Waals surface area contributed by atoms with Crippen LogP contribution in [0.4, 0.5) is 11.5 Å². The summed E-state index contributed by atoms with van der Waals surface area (Å²) in [5.74, 6) is 0.220. The van der Waals surface area contributed by atoms with Crippen LogP contribution < -0.4 is 24.5 Å². The van der Waals surface area contributed by atoms with E-state index in [1.807, 2.05) is 4.90 Å². The van der Waals surface area contributed by atoms with Crippen molar-refractivity contribution in [2.75, 3.05) is 49.1 Å². The Morgan fingerprint density at radius 3 is 2.50 bits per heavy atom. The molecule has 10 heteroatoms. The molecule has 0 saturated carbocycles. The van der Waals surface area contributed by atoms with Gasteiger partial charge in [-0.1, -0.05) is 0 Å². The molecule has 1 aromatic carbocycles. The Kier molecular flexibility index (Phi) is 8.06. The van der Waals surface area contributed by atoms with Crippen LogP contribution in [-0.4, -0.2) is 92.9 Å². The van der Waals surface area contributed by atoms with Crippen molar-refractivity contribution in [2.24, 2.45) is 5.73 Å². The third-order valence-electron chi connectivity index (χ3n) is 6.61. The van der Waals surface area contributed by atoms with Gasteiger partial charge in [-0.2, -0.15) is 0 Å². The Morgan fingerprint density at radius 1 is 1.12 bits per heavy atom. The van der Waals surface area contributed by atoms with Gasteiger partial charge in [0.25, 0.3) is 0 Å². The number of piperazine rings is 1. The van der Waals surface area contributed by atoms with Crippen molar-refractivity contribution in [1.82, 2.24) is 14.9 Å². The van der Waals surface area contributed by atoms with E-state index in [1.165, 1.54) is 4.35 Å². The van der Waals surface area contributed by atoms with Crippen LogP contribution in [0.15, 0.2) is 30.5 Å². The summed E-state index contributed by atoms with van der Waals surface area (Å²) >= 11 is -0.796. The van der Waals surface area contributed by atoms with Crippen LogP contribution in [0, 0.1) is 0 Å². The predicted octanol–water partition coefficient (Wildman–Crippen LogP) is -0.627. The summed E-state index contributed by atoms with van der Waals surface area (Å²) in [6.07, 6.45) is 5.32. The zero-order valence-electron chi connectivity index (χ0n) is 19.6. The molecule has 2 amide bonds. The summed E-state index contributed by atoms with van der Waals surface area (Å²) in [6.45, 7) is 5.70. The molecule has 3 N–H and O–H groups in total. The first kappa shape index (κ1) is 24.5. The number of carbonyl (C=O) groups is 2. The number of rotatable bonds is 7. The molecule has 0 spiro atoms. The summed E-state index contributed by atoms with van der Waals surface area (Å²) in [5, 5.41) is 9.50. The zero-order valence-corrected chi connectivity index (χ0v) is 21.7. The Labute approximate surface area is 207 Å². The number of anilines is 2. The molecule has 4 rings (SSSR count). The van der Waals surface area contributed by atoms with Crippen LogP contribution in [0.1, 0.15) is 43.0 Å². The van der Waals surface area contributed by atoms with Crippen molar-refractivity contribution < 1.29 is 14.7 Å². The van der Waals surface area contributed by atoms with Gasteiger partial charge in [-0.3, -0.25) is 0 Å². The first-order valence-corrected chi connectivity index (χ1v) is 14.0. The average Bonchev–Trinajstić information content (AvgIpc) is 2.85. The van der Waals surface area contributed by atoms with E-state index < -0.39 is 21.7 Å². The molecule has 0 aliphatic carbocycles. The maximum atomic E-state index is 12.1. The number of piperidine rings is 1. The van der Waals surface area contributed by atoms with Crippen LogP contribution >= 0.6 is 0 Å². The summed E-state index contributed by atoms with van der Waals surface area (Å²) < 4.78 is 1.96. The summed E-state index contributed by atoms with van der Waals surface area (Å²) in [5.41, 5.74) is 7.15. The van der Waals surface area contributed by atoms with Gasteiger partial charge in [-0.25, -0.2) is 0 Å². The van der Waals surface area contributed by atoms with Crippen molar-refractivity contribution in [3.8, 4) is 0 Å². The number of aliphatic hydroxyl groups excluding tert-OH is 1. The van der Waals surface area contributed by atoms with Gasteiger partial charge in [-0.05, 0) is 0 Å². The number of amides is 2. The number of nitrogens with two attached hydrogens (primary N) is 1. The predicted molar refractivity (Wildman–Crippen MR) is 135 cm³/mol. The molecule has 9 nitrogen and oxygen atoms in total. The van der Waals surface area contributed by atoms with E-state index >= 15 is 0 Å². The molecule has 2 saturated heterocycles. The van der Waals surface area contributed by atoms with Crippen LogP contribution in [-0.2, 0) is 4.79 Å². The monoisotopic (exact) mass is 528 g/mol. The topological polar surface area (TPSA) is 116 Å². The molecular formula is C24H33AsN6O3. The molecule has 0 bridgehead atoms. The Bertz CT molecular complexity index is 1010. The minimum absolute atomic E-state index is 0.106. The number of aromatic nitrogens is 2. The molecule has 2 aromatic rings. The molecule has 2 fully saturated rings. The SMILES string of the molecule is CC(=O)N1CCN(c2ccc([AsH]c3ncc(C(N)=O)c(N4CCCCC4CCO)n3)cc2)CC1. The van der Waals surface area contributed by atoms with Crippen LogP contribution in [0.3, 0.4) is 0 Å². The number of nitrogens with zero attached hydrogens (tertiary/aromatic N) is 5. The quantitative estimate of drug-likeness (QED) is 0.460. The average molecular weight is 528 g/mol. The second-order valence-electron chi connectivity index (χ2n) is 8.82. The number of hydrogen-bond acceptors (Lipinski definition) is 7. The first-order valence-electron chi connectivity index (χ1n) is 11.9. The van der Waals surface area contributed by atoms with Gasteiger partial charge in [0, 0.05) is 0 Å². The summed E-state index contributed by atoms with van der Waals surface area (Å²) in [4.78, 5) is 39.3. The van der Waals surface area contributed by atoms with Gasteiger partial charge in [0.2, 0.25) is 0 Å². The first-order chi connectivity index (χ1) is 16.5. The van der Waals surface area contributed by atoms with Crippen LogP contribution in [0.5, 0.6) is 0 Å². The van der Waals surface area contributed by atoms with Crippen LogP contribution in [0.25, 0.3) is 0 Å². The molecule has 0 radical (unpaired) electrons. The minimum atomic E-state index is -0.796. The molecule has 3 heterocycles. The standard InChI is InChI=1S/C24H33AsN6O3/c1-17(33)29-11-13-30(14-12-29)19-7-5-18(6-8-19)25-24-27-16-21(22(26)34)23(28-24)31-10-3-2-4-20(31)9-15-32/h5-8,16,20,25,32H,2-4,9-15H2,1H3,(H2,26,34). The third kappa shape index (κ3) is 5.70. The summed E-state index contributed by atoms with van der Waals surface area (Å²) in [6, 6.07) is 8.67. The Hall–Kier alpha value is -2.64. The normalized spacial score (nSPS) is 19.1. The van der Waals surface area contributed by atoms with Gasteiger partial charge >= 0.3 is 207 Å². The van der Waals surface area contributed by atoms with Gasteiger partial charge in [-0.15, -0.1) is 0 Å². The van der Waals surface area contributed by atoms with E-state index in [2.05, 4.69) is 39.0 Å². The molecular weight excluding hydrogens is 495 g/mol. The van der Waals surface area contributed by atoms with E-state index in [4.69, 9.17) is 10.7 Å². The molecule has 2 aliphatic heterocycles. The number of carbonyl (C=O) groups excluding carboxylic acids is 2. The van der Waals surface area contributed by atoms with Crippen molar-refractivity contribution in [2.45, 2.75) is 38.6 Å². The Balaban J connectivity index is 1.49. The summed E-state index contributed by atoms with van der Waals surface area (Å²) in [7, 11) is 0. The number of primary amides is 1. The number of aliphatic hydroxyl groups is 1. The van der Waals surface area contributed by atoms with Crippen LogP contribution in [0.2, 0.25) is 0 Å². The second kappa shape index (κ2) is 11.2. The van der Waals surface area contributed by atoms with Crippen molar-refractivity contribution >= 4 is 48.0 Å². The maximum absolute atomic E-state index is 12.1. The van der Waals surface area contributed by atoms with Gasteiger partial charge < -0.3 is 0 Å². The van der Waals surface area contributed by atoms with Gasteiger partial charge in [0.15, 0.2) is 0 Å². The molecule has 2 aliphatic rings. The van der Waals surface area contributed by atoms with E-state index in [-0.39, 0.29) is 18.6 Å². The number of benzene rings is 1. The molecule has 2 atom stereocenters. The fourth-order valence-electron chi connectivity index (χ4n) is 4.72. The van der Waals surface area contributed by atoms with Gasteiger partial charge in [0.05, 0.1) is 0 Å². The van der Waals surface area contributed by atoms with E-state index in [1.54, 1.807) is 13.1 Å². The van der Waals surface area contributed by atoms with E-state index in [0.717, 1.165) is 62.3 Å². The zero-order chi connectivity index (χ0) is 24.1. The third-order valence-corrected chi connectivity index (χ3v) is 8.89.